The zero-order chi connectivity index (χ0) is 31.2. The lowest BCUT2D eigenvalue weighted by Gasteiger charge is -2.33. The second kappa shape index (κ2) is 14.1. The van der Waals surface area contributed by atoms with Crippen LogP contribution < -0.4 is 10.6 Å². The number of nitrogens with one attached hydrogen (secondary N) is 2. The molecule has 5 rings (SSSR count). The Kier molecular flexibility index (Phi) is 10.1. The molecule has 1 saturated carbocycles. The van der Waals surface area contributed by atoms with E-state index < -0.39 is 5.91 Å². The van der Waals surface area contributed by atoms with Crippen LogP contribution >= 0.6 is 11.6 Å². The van der Waals surface area contributed by atoms with Gasteiger partial charge in [-0.3, -0.25) is 19.2 Å². The summed E-state index contributed by atoms with van der Waals surface area (Å²) >= 11 is 5.92. The van der Waals surface area contributed by atoms with Gasteiger partial charge in [0.2, 0.25) is 17.6 Å². The molecule has 0 spiro atoms. The van der Waals surface area contributed by atoms with Crippen molar-refractivity contribution in [2.75, 3.05) is 64.2 Å². The van der Waals surface area contributed by atoms with E-state index in [2.05, 4.69) is 20.6 Å². The number of morpholine rings is 1. The zero-order valence-electron chi connectivity index (χ0n) is 24.6. The number of rotatable bonds is 9. The van der Waals surface area contributed by atoms with Gasteiger partial charge in [-0.15, -0.1) is 0 Å². The first kappa shape index (κ1) is 31.4. The third-order valence-electron chi connectivity index (χ3n) is 7.92. The quantitative estimate of drug-likeness (QED) is 0.363. The van der Waals surface area contributed by atoms with Crippen molar-refractivity contribution >= 4 is 57.8 Å². The summed E-state index contributed by atoms with van der Waals surface area (Å²) in [5.41, 5.74) is 0.540. The van der Waals surface area contributed by atoms with Crippen molar-refractivity contribution in [1.82, 2.24) is 19.8 Å². The van der Waals surface area contributed by atoms with Crippen LogP contribution in [0, 0.1) is 11.8 Å². The highest BCUT2D eigenvalue weighted by atomic mass is 35.5. The zero-order valence-corrected chi connectivity index (χ0v) is 25.4. The van der Waals surface area contributed by atoms with Crippen LogP contribution in [-0.4, -0.2) is 97.0 Å². The maximum absolute atomic E-state index is 13.6. The van der Waals surface area contributed by atoms with Crippen LogP contribution in [0.3, 0.4) is 0 Å². The van der Waals surface area contributed by atoms with Crippen molar-refractivity contribution in [1.29, 1.82) is 0 Å². The number of carbonyl (C=O) groups is 4. The molecule has 44 heavy (non-hydrogen) atoms. The molecule has 1 aliphatic heterocycles. The minimum Gasteiger partial charge on any atom is -0.447 e. The SMILES string of the molecule is COCCN(C)C(=O)c1ccc2oc(C(=O)Nc3ccc(Cl)cn3)c(NC(=O)C3CCC(C(=O)N4CCOCC4)CC3)c2n1. The Hall–Kier alpha value is -4.07. The number of amides is 4. The molecule has 3 aromatic rings. The molecule has 0 radical (unpaired) electrons. The molecule has 0 atom stereocenters. The Bertz CT molecular complexity index is 1510. The number of furan rings is 1. The van der Waals surface area contributed by atoms with Gasteiger partial charge in [-0.1, -0.05) is 11.6 Å². The summed E-state index contributed by atoms with van der Waals surface area (Å²) in [5, 5.41) is 5.91. The first-order valence-corrected chi connectivity index (χ1v) is 14.9. The van der Waals surface area contributed by atoms with E-state index in [1.54, 1.807) is 20.2 Å². The molecule has 0 aromatic carbocycles. The topological polar surface area (TPSA) is 156 Å². The number of fused-ring (bicyclic) bond motifs is 1. The summed E-state index contributed by atoms with van der Waals surface area (Å²) in [7, 11) is 3.17. The molecule has 2 N–H and O–H groups in total. The number of pyridine rings is 2. The molecular weight excluding hydrogens is 592 g/mol. The van der Waals surface area contributed by atoms with Crippen molar-refractivity contribution in [3.8, 4) is 0 Å². The average molecular weight is 627 g/mol. The lowest BCUT2D eigenvalue weighted by atomic mass is 9.81. The van der Waals surface area contributed by atoms with E-state index in [0.29, 0.717) is 70.2 Å². The van der Waals surface area contributed by atoms with Crippen molar-refractivity contribution in [3.63, 3.8) is 0 Å². The molecule has 2 fully saturated rings. The number of carbonyl (C=O) groups excluding carboxylic acids is 4. The van der Waals surface area contributed by atoms with Crippen LogP contribution in [0.25, 0.3) is 11.1 Å². The summed E-state index contributed by atoms with van der Waals surface area (Å²) in [6.45, 7) is 2.95. The molecule has 0 unspecified atom stereocenters. The Balaban J connectivity index is 1.37. The van der Waals surface area contributed by atoms with E-state index >= 15 is 0 Å². The largest absolute Gasteiger partial charge is 0.447 e. The summed E-state index contributed by atoms with van der Waals surface area (Å²) < 4.78 is 16.3. The number of likely N-dealkylation sites (N-methyl/N-ethyl adjacent to an activating group) is 1. The standard InChI is InChI=1S/C30H35ClN6O7/c1-36(11-14-42-2)30(41)21-8-9-22-24(33-21)25(26(44-22)28(39)34-23-10-7-20(31)17-32-23)35-27(38)18-3-5-19(6-4-18)29(40)37-12-15-43-16-13-37/h7-10,17-19H,3-6,11-16H2,1-2H3,(H,35,38)(H,32,34,39). The fourth-order valence-corrected chi connectivity index (χ4v) is 5.50. The van der Waals surface area contributed by atoms with Crippen LogP contribution in [0.2, 0.25) is 5.02 Å². The Morgan fingerprint density at radius 3 is 2.45 bits per heavy atom. The van der Waals surface area contributed by atoms with Crippen LogP contribution in [0.15, 0.2) is 34.9 Å². The number of nitrogens with zero attached hydrogens (tertiary/aromatic N) is 4. The van der Waals surface area contributed by atoms with E-state index in [-0.39, 0.29) is 63.6 Å². The van der Waals surface area contributed by atoms with Gasteiger partial charge in [-0.05, 0) is 49.9 Å². The first-order chi connectivity index (χ1) is 21.2. The maximum Gasteiger partial charge on any atom is 0.294 e. The highest BCUT2D eigenvalue weighted by Crippen LogP contribution is 2.34. The second-order valence-corrected chi connectivity index (χ2v) is 11.3. The maximum atomic E-state index is 13.6. The van der Waals surface area contributed by atoms with Gasteiger partial charge in [-0.25, -0.2) is 9.97 Å². The molecule has 4 heterocycles. The Morgan fingerprint density at radius 1 is 1.05 bits per heavy atom. The highest BCUT2D eigenvalue weighted by molar-refractivity contribution is 6.30. The number of hydrogen-bond donors (Lipinski definition) is 2. The van der Waals surface area contributed by atoms with E-state index in [1.807, 2.05) is 4.90 Å². The second-order valence-electron chi connectivity index (χ2n) is 10.9. The number of anilines is 2. The van der Waals surface area contributed by atoms with Gasteiger partial charge in [0, 0.05) is 51.8 Å². The Morgan fingerprint density at radius 2 is 1.77 bits per heavy atom. The number of hydrogen-bond acceptors (Lipinski definition) is 9. The molecule has 3 aromatic heterocycles. The van der Waals surface area contributed by atoms with E-state index in [9.17, 15) is 19.2 Å². The van der Waals surface area contributed by atoms with Gasteiger partial charge < -0.3 is 34.3 Å². The molecule has 14 heteroatoms. The minimum absolute atomic E-state index is 0.0529. The molecule has 4 amide bonds. The molecule has 234 valence electrons. The molecule has 13 nitrogen and oxygen atoms in total. The van der Waals surface area contributed by atoms with E-state index in [1.165, 1.54) is 29.3 Å². The average Bonchev–Trinajstić information content (AvgIpc) is 3.41. The third kappa shape index (κ3) is 7.17. The summed E-state index contributed by atoms with van der Waals surface area (Å²) in [5.74, 6) is -1.72. The molecule has 1 saturated heterocycles. The molecular formula is C30H35ClN6O7. The first-order valence-electron chi connectivity index (χ1n) is 14.5. The monoisotopic (exact) mass is 626 g/mol. The summed E-state index contributed by atoms with van der Waals surface area (Å²) in [6, 6.07) is 6.14. The van der Waals surface area contributed by atoms with Crippen molar-refractivity contribution in [2.24, 2.45) is 11.8 Å². The summed E-state index contributed by atoms with van der Waals surface area (Å²) in [4.78, 5) is 64.8. The van der Waals surface area contributed by atoms with Gasteiger partial charge in [0.1, 0.15) is 22.7 Å². The van der Waals surface area contributed by atoms with Crippen molar-refractivity contribution < 1.29 is 33.1 Å². The minimum atomic E-state index is -0.668. The fourth-order valence-electron chi connectivity index (χ4n) is 5.39. The lowest BCUT2D eigenvalue weighted by molar-refractivity contribution is -0.141. The van der Waals surface area contributed by atoms with E-state index in [0.717, 1.165) is 0 Å². The molecule has 0 bridgehead atoms. The van der Waals surface area contributed by atoms with Gasteiger partial charge in [0.05, 0.1) is 24.8 Å². The summed E-state index contributed by atoms with van der Waals surface area (Å²) in [6.07, 6.45) is 3.58. The molecule has 2 aliphatic rings. The predicted octanol–water partition coefficient (Wildman–Crippen LogP) is 3.45. The third-order valence-corrected chi connectivity index (χ3v) is 8.15. The normalized spacial score (nSPS) is 18.6. The van der Waals surface area contributed by atoms with Gasteiger partial charge in [-0.2, -0.15) is 0 Å². The smallest absolute Gasteiger partial charge is 0.294 e. The molecule has 1 aliphatic carbocycles. The number of halogens is 1. The number of methoxy groups -OCH3 is 1. The van der Waals surface area contributed by atoms with Gasteiger partial charge in [0.25, 0.3) is 11.8 Å². The number of ether oxygens (including phenoxy) is 2. The number of aromatic nitrogens is 2. The lowest BCUT2D eigenvalue weighted by Crippen LogP contribution is -2.44. The predicted molar refractivity (Wildman–Crippen MR) is 162 cm³/mol. The highest BCUT2D eigenvalue weighted by Gasteiger charge is 2.34. The van der Waals surface area contributed by atoms with Crippen LogP contribution in [0.5, 0.6) is 0 Å². The fraction of sp³-hybridized carbons (Fsp3) is 0.467. The Labute approximate surface area is 259 Å². The van der Waals surface area contributed by atoms with Crippen LogP contribution in [0.4, 0.5) is 11.5 Å². The van der Waals surface area contributed by atoms with Crippen LogP contribution in [-0.2, 0) is 19.1 Å². The van der Waals surface area contributed by atoms with Crippen LogP contribution in [0.1, 0.15) is 46.7 Å². The van der Waals surface area contributed by atoms with Gasteiger partial charge in [0.15, 0.2) is 5.58 Å². The van der Waals surface area contributed by atoms with E-state index in [4.69, 9.17) is 25.5 Å². The van der Waals surface area contributed by atoms with Gasteiger partial charge >= 0.3 is 0 Å². The van der Waals surface area contributed by atoms with Crippen molar-refractivity contribution in [2.45, 2.75) is 25.7 Å². The van der Waals surface area contributed by atoms with Crippen molar-refractivity contribution in [3.05, 3.63) is 46.9 Å².